The van der Waals surface area contributed by atoms with Crippen LogP contribution in [0.2, 0.25) is 0 Å². The Kier molecular flexibility index (Phi) is 3.83. The molecule has 1 radical (unpaired) electrons. The van der Waals surface area contributed by atoms with Crippen LogP contribution >= 0.6 is 0 Å². The van der Waals surface area contributed by atoms with Gasteiger partial charge in [0.15, 0.2) is 0 Å². The van der Waals surface area contributed by atoms with Gasteiger partial charge in [0, 0.05) is 11.8 Å². The van der Waals surface area contributed by atoms with Gasteiger partial charge in [-0.05, 0) is 17.5 Å². The summed E-state index contributed by atoms with van der Waals surface area (Å²) >= 11 is 0. The highest BCUT2D eigenvalue weighted by atomic mass is 14.3. The van der Waals surface area contributed by atoms with E-state index in [1.165, 1.54) is 22.6 Å². The first kappa shape index (κ1) is 12.9. The normalized spacial score (nSPS) is 14.8. The minimum absolute atomic E-state index is 0.336. The van der Waals surface area contributed by atoms with Crippen molar-refractivity contribution < 1.29 is 0 Å². The van der Waals surface area contributed by atoms with Crippen LogP contribution in [-0.2, 0) is 0 Å². The van der Waals surface area contributed by atoms with Gasteiger partial charge in [-0.1, -0.05) is 91.4 Å². The summed E-state index contributed by atoms with van der Waals surface area (Å²) in [4.78, 5) is 0. The Hall–Kier alpha value is -2.08. The molecular formula is C20H19. The smallest absolute Gasteiger partial charge is 0.0344 e. The van der Waals surface area contributed by atoms with Crippen molar-refractivity contribution in [3.05, 3.63) is 102 Å². The monoisotopic (exact) mass is 259 g/mol. The van der Waals surface area contributed by atoms with Gasteiger partial charge in [-0.25, -0.2) is 0 Å². The van der Waals surface area contributed by atoms with E-state index in [0.29, 0.717) is 5.92 Å². The standard InChI is InChI=1S/C20H19/c1-2-16-14-9-15-19(16)20(17-10-5-3-6-11-17)18-12-7-4-8-13-18/h3-15,20H,2H2,1H3. The summed E-state index contributed by atoms with van der Waals surface area (Å²) in [7, 11) is 0. The second kappa shape index (κ2) is 5.92. The molecule has 2 aromatic rings. The largest absolute Gasteiger partial charge is 0.0721 e. The fraction of sp³-hybridized carbons (Fsp3) is 0.150. The lowest BCUT2D eigenvalue weighted by Gasteiger charge is -2.25. The van der Waals surface area contributed by atoms with Gasteiger partial charge in [0.05, 0.1) is 0 Å². The fourth-order valence-corrected chi connectivity index (χ4v) is 2.92. The van der Waals surface area contributed by atoms with Gasteiger partial charge < -0.3 is 0 Å². The van der Waals surface area contributed by atoms with Crippen molar-refractivity contribution in [3.8, 4) is 0 Å². The maximum absolute atomic E-state index is 2.27. The zero-order valence-corrected chi connectivity index (χ0v) is 11.8. The minimum atomic E-state index is 0.336. The van der Waals surface area contributed by atoms with E-state index in [0.717, 1.165) is 6.42 Å². The van der Waals surface area contributed by atoms with E-state index in [1.807, 2.05) is 0 Å². The van der Waals surface area contributed by atoms with E-state index in [-0.39, 0.29) is 0 Å². The van der Waals surface area contributed by atoms with Gasteiger partial charge in [0.2, 0.25) is 0 Å². The summed E-state index contributed by atoms with van der Waals surface area (Å²) in [6.07, 6.45) is 7.77. The van der Waals surface area contributed by atoms with Crippen molar-refractivity contribution >= 4 is 0 Å². The van der Waals surface area contributed by atoms with Gasteiger partial charge >= 0.3 is 0 Å². The Bertz CT molecular complexity index is 566. The van der Waals surface area contributed by atoms with E-state index in [1.54, 1.807) is 0 Å². The minimum Gasteiger partial charge on any atom is -0.0721 e. The predicted molar refractivity (Wildman–Crippen MR) is 85.5 cm³/mol. The van der Waals surface area contributed by atoms with E-state index >= 15 is 0 Å². The second-order valence-electron chi connectivity index (χ2n) is 5.11. The highest BCUT2D eigenvalue weighted by Crippen LogP contribution is 2.41. The van der Waals surface area contributed by atoms with Crippen molar-refractivity contribution in [2.75, 3.05) is 0 Å². The van der Waals surface area contributed by atoms with Crippen LogP contribution in [0.5, 0.6) is 0 Å². The van der Waals surface area contributed by atoms with E-state index in [4.69, 9.17) is 0 Å². The summed E-state index contributed by atoms with van der Waals surface area (Å²) in [6.45, 7) is 2.23. The van der Waals surface area contributed by atoms with E-state index in [9.17, 15) is 0 Å². The first-order valence-electron chi connectivity index (χ1n) is 7.24. The summed E-state index contributed by atoms with van der Waals surface area (Å²) in [5.41, 5.74) is 4.17. The SMILES string of the molecule is CCC1=CC=C[C]1C(c1ccccc1)c1ccccc1. The molecule has 20 heavy (non-hydrogen) atoms. The third-order valence-corrected chi connectivity index (χ3v) is 3.90. The van der Waals surface area contributed by atoms with Crippen LogP contribution in [0.3, 0.4) is 0 Å². The topological polar surface area (TPSA) is 0 Å². The number of allylic oxidation sites excluding steroid dienone is 4. The van der Waals surface area contributed by atoms with Crippen LogP contribution in [0.1, 0.15) is 30.4 Å². The molecule has 0 saturated carbocycles. The Balaban J connectivity index is 2.05. The highest BCUT2D eigenvalue weighted by molar-refractivity contribution is 5.53. The predicted octanol–water partition coefficient (Wildman–Crippen LogP) is 5.30. The van der Waals surface area contributed by atoms with Crippen LogP contribution < -0.4 is 0 Å². The lowest BCUT2D eigenvalue weighted by Crippen LogP contribution is -2.11. The van der Waals surface area contributed by atoms with E-state index in [2.05, 4.69) is 85.8 Å². The molecule has 2 aromatic carbocycles. The Morgan fingerprint density at radius 1 is 0.800 bits per heavy atom. The lowest BCUT2D eigenvalue weighted by molar-refractivity contribution is 0.857. The molecule has 0 nitrogen and oxygen atoms in total. The van der Waals surface area contributed by atoms with Crippen molar-refractivity contribution in [2.45, 2.75) is 19.3 Å². The summed E-state index contributed by atoms with van der Waals surface area (Å²) in [6, 6.07) is 21.6. The first-order valence-corrected chi connectivity index (χ1v) is 7.24. The average Bonchev–Trinajstić information content (AvgIpc) is 2.98. The molecule has 0 amide bonds. The van der Waals surface area contributed by atoms with Gasteiger partial charge in [-0.3, -0.25) is 0 Å². The number of benzene rings is 2. The Morgan fingerprint density at radius 2 is 1.35 bits per heavy atom. The maximum Gasteiger partial charge on any atom is 0.0344 e. The molecule has 0 bridgehead atoms. The molecule has 0 heteroatoms. The molecule has 0 saturated heterocycles. The molecule has 0 aliphatic heterocycles. The lowest BCUT2D eigenvalue weighted by atomic mass is 9.78. The summed E-state index contributed by atoms with van der Waals surface area (Å²) in [5, 5.41) is 0. The third-order valence-electron chi connectivity index (χ3n) is 3.90. The zero-order chi connectivity index (χ0) is 13.8. The first-order chi connectivity index (χ1) is 9.90. The number of rotatable bonds is 4. The van der Waals surface area contributed by atoms with Crippen LogP contribution in [0.25, 0.3) is 0 Å². The molecule has 0 fully saturated rings. The molecule has 0 unspecified atom stereocenters. The van der Waals surface area contributed by atoms with Crippen LogP contribution in [0.4, 0.5) is 0 Å². The van der Waals surface area contributed by atoms with Crippen molar-refractivity contribution in [3.63, 3.8) is 0 Å². The Labute approximate surface area is 121 Å². The molecule has 0 aromatic heterocycles. The average molecular weight is 259 g/mol. The van der Waals surface area contributed by atoms with Gasteiger partial charge in [-0.15, -0.1) is 0 Å². The summed E-state index contributed by atoms with van der Waals surface area (Å²) < 4.78 is 0. The molecule has 3 rings (SSSR count). The maximum atomic E-state index is 2.27. The molecule has 0 N–H and O–H groups in total. The van der Waals surface area contributed by atoms with E-state index < -0.39 is 0 Å². The van der Waals surface area contributed by atoms with Crippen LogP contribution in [-0.4, -0.2) is 0 Å². The molecule has 0 atom stereocenters. The molecule has 0 spiro atoms. The number of hydrogen-bond donors (Lipinski definition) is 0. The summed E-state index contributed by atoms with van der Waals surface area (Å²) in [5.74, 6) is 1.77. The van der Waals surface area contributed by atoms with Gasteiger partial charge in [0.1, 0.15) is 0 Å². The second-order valence-corrected chi connectivity index (χ2v) is 5.11. The van der Waals surface area contributed by atoms with Crippen molar-refractivity contribution in [1.82, 2.24) is 0 Å². The molecule has 1 aliphatic carbocycles. The zero-order valence-electron chi connectivity index (χ0n) is 11.8. The molecule has 1 aliphatic rings. The fourth-order valence-electron chi connectivity index (χ4n) is 2.92. The third kappa shape index (κ3) is 2.46. The number of hydrogen-bond acceptors (Lipinski definition) is 0. The quantitative estimate of drug-likeness (QED) is 0.699. The van der Waals surface area contributed by atoms with Gasteiger partial charge in [0.25, 0.3) is 0 Å². The van der Waals surface area contributed by atoms with Crippen LogP contribution in [0, 0.1) is 5.92 Å². The highest BCUT2D eigenvalue weighted by Gasteiger charge is 2.27. The molecule has 0 heterocycles. The van der Waals surface area contributed by atoms with Crippen LogP contribution in [0.15, 0.2) is 84.5 Å². The molecule has 99 valence electrons. The Morgan fingerprint density at radius 3 is 1.85 bits per heavy atom. The van der Waals surface area contributed by atoms with Crippen molar-refractivity contribution in [1.29, 1.82) is 0 Å². The van der Waals surface area contributed by atoms with Gasteiger partial charge in [-0.2, -0.15) is 0 Å². The van der Waals surface area contributed by atoms with Crippen molar-refractivity contribution in [2.24, 2.45) is 0 Å². The molecular weight excluding hydrogens is 240 g/mol.